The Bertz CT molecular complexity index is 607. The third-order valence-electron chi connectivity index (χ3n) is 2.47. The summed E-state index contributed by atoms with van der Waals surface area (Å²) in [7, 11) is 0. The smallest absolute Gasteiger partial charge is 0.274 e. The number of rotatable bonds is 4. The van der Waals surface area contributed by atoms with Gasteiger partial charge in [-0.15, -0.1) is 10.2 Å². The maximum Gasteiger partial charge on any atom is 0.274 e. The van der Waals surface area contributed by atoms with E-state index in [2.05, 4.69) is 20.5 Å². The highest BCUT2D eigenvalue weighted by molar-refractivity contribution is 5.25. The second kappa shape index (κ2) is 5.60. The van der Waals surface area contributed by atoms with Gasteiger partial charge >= 0.3 is 0 Å². The van der Waals surface area contributed by atoms with Crippen molar-refractivity contribution in [3.05, 3.63) is 51.7 Å². The van der Waals surface area contributed by atoms with E-state index in [1.54, 1.807) is 12.1 Å². The first kappa shape index (κ1) is 13.2. The summed E-state index contributed by atoms with van der Waals surface area (Å²) < 4.78 is 12.8. The fourth-order valence-corrected chi connectivity index (χ4v) is 1.61. The highest BCUT2D eigenvalue weighted by Gasteiger charge is 2.06. The van der Waals surface area contributed by atoms with Gasteiger partial charge in [-0.2, -0.15) is 0 Å². The minimum atomic E-state index is -0.305. The van der Waals surface area contributed by atoms with Gasteiger partial charge in [0, 0.05) is 12.5 Å². The van der Waals surface area contributed by atoms with E-state index in [0.29, 0.717) is 18.1 Å². The van der Waals surface area contributed by atoms with E-state index in [1.165, 1.54) is 12.1 Å². The van der Waals surface area contributed by atoms with Crippen LogP contribution < -0.4 is 10.9 Å². The molecule has 0 unspecified atom stereocenters. The second-order valence-corrected chi connectivity index (χ2v) is 4.55. The van der Waals surface area contributed by atoms with Crippen LogP contribution in [-0.2, 0) is 6.42 Å². The summed E-state index contributed by atoms with van der Waals surface area (Å²) in [6.45, 7) is 3.87. The molecule has 1 heterocycles. The molecule has 0 aliphatic rings. The Kier molecular flexibility index (Phi) is 3.89. The third kappa shape index (κ3) is 3.61. The molecule has 0 atom stereocenters. The number of anilines is 1. The first-order valence-electron chi connectivity index (χ1n) is 6.01. The van der Waals surface area contributed by atoms with Crippen LogP contribution in [-0.4, -0.2) is 21.2 Å². The van der Waals surface area contributed by atoms with Crippen LogP contribution in [0.4, 0.5) is 10.3 Å². The van der Waals surface area contributed by atoms with E-state index in [1.807, 2.05) is 13.8 Å². The highest BCUT2D eigenvalue weighted by Crippen LogP contribution is 2.06. The van der Waals surface area contributed by atoms with Gasteiger partial charge in [-0.1, -0.05) is 12.1 Å². The van der Waals surface area contributed by atoms with E-state index in [9.17, 15) is 9.18 Å². The average Bonchev–Trinajstić information content (AvgIpc) is 2.34. The maximum atomic E-state index is 12.8. The molecular formula is C13H15FN4O. The van der Waals surface area contributed by atoms with Gasteiger partial charge in [0.25, 0.3) is 5.56 Å². The summed E-state index contributed by atoms with van der Waals surface area (Å²) in [5, 5.41) is 10.8. The van der Waals surface area contributed by atoms with Gasteiger partial charge in [0.1, 0.15) is 11.5 Å². The van der Waals surface area contributed by atoms with E-state index in [4.69, 9.17) is 0 Å². The van der Waals surface area contributed by atoms with Crippen LogP contribution in [0.3, 0.4) is 0 Å². The normalized spacial score (nSPS) is 10.7. The molecule has 2 rings (SSSR count). The molecule has 0 aliphatic heterocycles. The zero-order chi connectivity index (χ0) is 13.8. The third-order valence-corrected chi connectivity index (χ3v) is 2.47. The first-order chi connectivity index (χ1) is 9.04. The summed E-state index contributed by atoms with van der Waals surface area (Å²) >= 11 is 0. The van der Waals surface area contributed by atoms with Crippen LogP contribution in [0.15, 0.2) is 29.1 Å². The standard InChI is InChI=1S/C13H15FN4O/c1-8(2)15-13-16-12(19)11(17-18-13)7-9-3-5-10(14)6-4-9/h3-6,8H,7H2,1-2H3,(H2,15,16,18,19). The fourth-order valence-electron chi connectivity index (χ4n) is 1.61. The molecule has 100 valence electrons. The molecule has 19 heavy (non-hydrogen) atoms. The Hall–Kier alpha value is -2.24. The summed E-state index contributed by atoms with van der Waals surface area (Å²) in [5.74, 6) is 0.0445. The molecule has 2 N–H and O–H groups in total. The zero-order valence-electron chi connectivity index (χ0n) is 10.8. The molecule has 1 aromatic heterocycles. The lowest BCUT2D eigenvalue weighted by Gasteiger charge is -2.07. The van der Waals surface area contributed by atoms with Crippen molar-refractivity contribution in [2.24, 2.45) is 0 Å². The molecule has 5 nitrogen and oxygen atoms in total. The quantitative estimate of drug-likeness (QED) is 0.880. The lowest BCUT2D eigenvalue weighted by atomic mass is 10.1. The molecule has 0 saturated carbocycles. The van der Waals surface area contributed by atoms with Gasteiger partial charge in [0.05, 0.1) is 0 Å². The Morgan fingerprint density at radius 2 is 1.95 bits per heavy atom. The average molecular weight is 262 g/mol. The SMILES string of the molecule is CC(C)Nc1nnc(Cc2ccc(F)cc2)c(=O)[nH]1. The molecular weight excluding hydrogens is 247 g/mol. The molecule has 0 saturated heterocycles. The van der Waals surface area contributed by atoms with Crippen molar-refractivity contribution in [3.8, 4) is 0 Å². The number of nitrogens with one attached hydrogen (secondary N) is 2. The number of halogens is 1. The molecule has 6 heteroatoms. The molecule has 0 amide bonds. The van der Waals surface area contributed by atoms with Crippen LogP contribution in [0.25, 0.3) is 0 Å². The van der Waals surface area contributed by atoms with Crippen molar-refractivity contribution < 1.29 is 4.39 Å². The van der Waals surface area contributed by atoms with Gasteiger partial charge in [0.15, 0.2) is 0 Å². The van der Waals surface area contributed by atoms with Gasteiger partial charge < -0.3 is 5.32 Å². The van der Waals surface area contributed by atoms with Crippen molar-refractivity contribution >= 4 is 5.95 Å². The van der Waals surface area contributed by atoms with E-state index in [0.717, 1.165) is 5.56 Å². The van der Waals surface area contributed by atoms with Crippen LogP contribution in [0.1, 0.15) is 25.1 Å². The van der Waals surface area contributed by atoms with Gasteiger partial charge in [-0.05, 0) is 31.5 Å². The molecule has 0 bridgehead atoms. The summed E-state index contributed by atoms with van der Waals surface area (Å²) in [4.78, 5) is 14.4. The van der Waals surface area contributed by atoms with Crippen molar-refractivity contribution in [2.45, 2.75) is 26.3 Å². The molecule has 0 spiro atoms. The zero-order valence-corrected chi connectivity index (χ0v) is 10.8. The minimum absolute atomic E-state index is 0.160. The lowest BCUT2D eigenvalue weighted by molar-refractivity contribution is 0.627. The van der Waals surface area contributed by atoms with E-state index < -0.39 is 0 Å². The second-order valence-electron chi connectivity index (χ2n) is 4.55. The van der Waals surface area contributed by atoms with Gasteiger partial charge in [0.2, 0.25) is 5.95 Å². The Morgan fingerprint density at radius 1 is 1.26 bits per heavy atom. The maximum absolute atomic E-state index is 12.8. The Balaban J connectivity index is 2.17. The number of benzene rings is 1. The van der Waals surface area contributed by atoms with Crippen LogP contribution >= 0.6 is 0 Å². The summed E-state index contributed by atoms with van der Waals surface area (Å²) in [5.41, 5.74) is 0.828. The number of aromatic amines is 1. The monoisotopic (exact) mass is 262 g/mol. The predicted molar refractivity (Wildman–Crippen MR) is 70.6 cm³/mol. The fraction of sp³-hybridized carbons (Fsp3) is 0.308. The largest absolute Gasteiger partial charge is 0.352 e. The highest BCUT2D eigenvalue weighted by atomic mass is 19.1. The summed E-state index contributed by atoms with van der Waals surface area (Å²) in [6.07, 6.45) is 0.324. The lowest BCUT2D eigenvalue weighted by Crippen LogP contribution is -2.22. The van der Waals surface area contributed by atoms with Crippen LogP contribution in [0.5, 0.6) is 0 Å². The van der Waals surface area contributed by atoms with E-state index in [-0.39, 0.29) is 17.4 Å². The van der Waals surface area contributed by atoms with Crippen molar-refractivity contribution in [1.29, 1.82) is 0 Å². The summed E-state index contributed by atoms with van der Waals surface area (Å²) in [6, 6.07) is 6.11. The van der Waals surface area contributed by atoms with Crippen molar-refractivity contribution in [2.75, 3.05) is 5.32 Å². The minimum Gasteiger partial charge on any atom is -0.352 e. The topological polar surface area (TPSA) is 70.7 Å². The number of H-pyrrole nitrogens is 1. The van der Waals surface area contributed by atoms with Gasteiger partial charge in [-0.3, -0.25) is 9.78 Å². The van der Waals surface area contributed by atoms with Crippen molar-refractivity contribution in [3.63, 3.8) is 0 Å². The predicted octanol–water partition coefficient (Wildman–Crippen LogP) is 1.72. The Labute approximate surface area is 109 Å². The molecule has 2 aromatic rings. The molecule has 0 fully saturated rings. The van der Waals surface area contributed by atoms with Crippen molar-refractivity contribution in [1.82, 2.24) is 15.2 Å². The number of nitrogens with zero attached hydrogens (tertiary/aromatic N) is 2. The first-order valence-corrected chi connectivity index (χ1v) is 6.01. The molecule has 1 aromatic carbocycles. The van der Waals surface area contributed by atoms with E-state index >= 15 is 0 Å². The number of aromatic nitrogens is 3. The number of hydrogen-bond acceptors (Lipinski definition) is 4. The Morgan fingerprint density at radius 3 is 2.53 bits per heavy atom. The van der Waals surface area contributed by atoms with Crippen LogP contribution in [0, 0.1) is 5.82 Å². The molecule has 0 radical (unpaired) electrons. The number of hydrogen-bond donors (Lipinski definition) is 2. The van der Waals surface area contributed by atoms with Crippen LogP contribution in [0.2, 0.25) is 0 Å². The molecule has 0 aliphatic carbocycles. The van der Waals surface area contributed by atoms with Gasteiger partial charge in [-0.25, -0.2) is 4.39 Å².